The number of hydrogen-bond donors (Lipinski definition) is 0. The highest BCUT2D eigenvalue weighted by atomic mass is 79.9. The van der Waals surface area contributed by atoms with Crippen LogP contribution >= 0.6 is 15.9 Å². The summed E-state index contributed by atoms with van der Waals surface area (Å²) in [5.41, 5.74) is 0. The summed E-state index contributed by atoms with van der Waals surface area (Å²) < 4.78 is 5.29. The molecule has 78 valence electrons. The minimum atomic E-state index is 0.905. The van der Waals surface area contributed by atoms with Gasteiger partial charge in [0.2, 0.25) is 0 Å². The Bertz CT molecular complexity index is 129. The van der Waals surface area contributed by atoms with Crippen LogP contribution in [0.4, 0.5) is 0 Å². The molecule has 1 saturated heterocycles. The van der Waals surface area contributed by atoms with Gasteiger partial charge in [-0.15, -0.1) is 0 Å². The van der Waals surface area contributed by atoms with Crippen LogP contribution < -0.4 is 0 Å². The summed E-state index contributed by atoms with van der Waals surface area (Å²) in [7, 11) is 2.17. The van der Waals surface area contributed by atoms with E-state index >= 15 is 0 Å². The Morgan fingerprint density at radius 1 is 1.31 bits per heavy atom. The first-order chi connectivity index (χ1) is 6.33. The van der Waals surface area contributed by atoms with E-state index in [-0.39, 0.29) is 0 Å². The van der Waals surface area contributed by atoms with Crippen LogP contribution in [-0.2, 0) is 4.74 Å². The van der Waals surface area contributed by atoms with Crippen LogP contribution in [0.2, 0.25) is 0 Å². The molecular formula is C9H19BrN2O. The first-order valence-electron chi connectivity index (χ1n) is 4.87. The molecule has 0 aromatic rings. The first-order valence-corrected chi connectivity index (χ1v) is 5.99. The normalized spacial score (nSPS) is 19.6. The molecule has 1 aliphatic heterocycles. The van der Waals surface area contributed by atoms with Crippen molar-refractivity contribution in [2.24, 2.45) is 0 Å². The molecule has 0 aliphatic carbocycles. The Kier molecular flexibility index (Phi) is 5.95. The number of rotatable bonds is 5. The van der Waals surface area contributed by atoms with Crippen molar-refractivity contribution < 1.29 is 4.74 Å². The fraction of sp³-hybridized carbons (Fsp3) is 1.00. The number of halogens is 1. The van der Waals surface area contributed by atoms with Crippen LogP contribution in [0.25, 0.3) is 0 Å². The highest BCUT2D eigenvalue weighted by Crippen LogP contribution is 1.96. The van der Waals surface area contributed by atoms with E-state index in [1.54, 1.807) is 0 Å². The quantitative estimate of drug-likeness (QED) is 0.667. The number of morpholine rings is 1. The van der Waals surface area contributed by atoms with Gasteiger partial charge in [-0.1, -0.05) is 15.9 Å². The van der Waals surface area contributed by atoms with Crippen molar-refractivity contribution in [2.45, 2.75) is 0 Å². The van der Waals surface area contributed by atoms with E-state index in [0.29, 0.717) is 0 Å². The molecular weight excluding hydrogens is 232 g/mol. The van der Waals surface area contributed by atoms with E-state index in [9.17, 15) is 0 Å². The fourth-order valence-electron chi connectivity index (χ4n) is 1.39. The number of nitrogens with zero attached hydrogens (tertiary/aromatic N) is 2. The molecule has 1 aliphatic rings. The van der Waals surface area contributed by atoms with E-state index in [2.05, 4.69) is 32.8 Å². The topological polar surface area (TPSA) is 15.7 Å². The zero-order valence-corrected chi connectivity index (χ0v) is 9.92. The van der Waals surface area contributed by atoms with Crippen molar-refractivity contribution in [2.75, 3.05) is 58.3 Å². The number of hydrogen-bond acceptors (Lipinski definition) is 3. The summed E-state index contributed by atoms with van der Waals surface area (Å²) >= 11 is 3.44. The van der Waals surface area contributed by atoms with Crippen molar-refractivity contribution in [3.63, 3.8) is 0 Å². The smallest absolute Gasteiger partial charge is 0.0594 e. The zero-order chi connectivity index (χ0) is 9.52. The van der Waals surface area contributed by atoms with Gasteiger partial charge < -0.3 is 9.64 Å². The Balaban J connectivity index is 2.03. The van der Waals surface area contributed by atoms with E-state index in [1.165, 1.54) is 6.54 Å². The number of likely N-dealkylation sites (N-methyl/N-ethyl adjacent to an activating group) is 1. The lowest BCUT2D eigenvalue weighted by atomic mass is 10.4. The third-order valence-corrected chi connectivity index (χ3v) is 2.72. The second kappa shape index (κ2) is 6.76. The number of alkyl halides is 1. The summed E-state index contributed by atoms with van der Waals surface area (Å²) in [4.78, 5) is 4.82. The minimum absolute atomic E-state index is 0.905. The van der Waals surface area contributed by atoms with Crippen LogP contribution in [0.3, 0.4) is 0 Å². The van der Waals surface area contributed by atoms with Gasteiger partial charge in [-0.3, -0.25) is 4.90 Å². The van der Waals surface area contributed by atoms with Crippen molar-refractivity contribution in [3.8, 4) is 0 Å². The maximum atomic E-state index is 5.29. The third kappa shape index (κ3) is 4.96. The van der Waals surface area contributed by atoms with Crippen LogP contribution in [0.5, 0.6) is 0 Å². The minimum Gasteiger partial charge on any atom is -0.379 e. The van der Waals surface area contributed by atoms with Crippen molar-refractivity contribution in [3.05, 3.63) is 0 Å². The molecule has 1 rings (SSSR count). The lowest BCUT2D eigenvalue weighted by Gasteiger charge is -2.28. The predicted octanol–water partition coefficient (Wildman–Crippen LogP) is 0.645. The summed E-state index contributed by atoms with van der Waals surface area (Å²) in [6.45, 7) is 7.47. The van der Waals surface area contributed by atoms with E-state index in [0.717, 1.165) is 44.7 Å². The molecule has 3 nitrogen and oxygen atoms in total. The van der Waals surface area contributed by atoms with Gasteiger partial charge in [0.15, 0.2) is 0 Å². The molecule has 4 heteroatoms. The average Bonchev–Trinajstić information content (AvgIpc) is 2.17. The van der Waals surface area contributed by atoms with Gasteiger partial charge in [-0.25, -0.2) is 0 Å². The zero-order valence-electron chi connectivity index (χ0n) is 8.34. The Hall–Kier alpha value is 0.360. The van der Waals surface area contributed by atoms with E-state index in [4.69, 9.17) is 4.74 Å². The molecule has 0 aromatic carbocycles. The molecule has 0 N–H and O–H groups in total. The Morgan fingerprint density at radius 2 is 2.00 bits per heavy atom. The molecule has 0 saturated carbocycles. The van der Waals surface area contributed by atoms with Gasteiger partial charge in [-0.05, 0) is 7.05 Å². The molecule has 0 radical (unpaired) electrons. The largest absolute Gasteiger partial charge is 0.379 e. The van der Waals surface area contributed by atoms with Crippen LogP contribution in [0, 0.1) is 0 Å². The van der Waals surface area contributed by atoms with Gasteiger partial charge in [0, 0.05) is 38.1 Å². The maximum absolute atomic E-state index is 5.29. The summed E-state index contributed by atoms with van der Waals surface area (Å²) in [6.07, 6.45) is 0. The predicted molar refractivity (Wildman–Crippen MR) is 58.6 cm³/mol. The van der Waals surface area contributed by atoms with Crippen LogP contribution in [0.1, 0.15) is 0 Å². The van der Waals surface area contributed by atoms with Crippen LogP contribution in [0.15, 0.2) is 0 Å². The molecule has 0 unspecified atom stereocenters. The average molecular weight is 251 g/mol. The maximum Gasteiger partial charge on any atom is 0.0594 e. The first kappa shape index (κ1) is 11.4. The molecule has 1 heterocycles. The van der Waals surface area contributed by atoms with Crippen molar-refractivity contribution >= 4 is 15.9 Å². The monoisotopic (exact) mass is 250 g/mol. The molecule has 0 aromatic heterocycles. The molecule has 0 amide bonds. The summed E-state index contributed by atoms with van der Waals surface area (Å²) in [6, 6.07) is 0. The van der Waals surface area contributed by atoms with Gasteiger partial charge in [0.25, 0.3) is 0 Å². The van der Waals surface area contributed by atoms with Gasteiger partial charge in [-0.2, -0.15) is 0 Å². The lowest BCUT2D eigenvalue weighted by molar-refractivity contribution is 0.0347. The highest BCUT2D eigenvalue weighted by Gasteiger charge is 2.10. The molecule has 0 atom stereocenters. The van der Waals surface area contributed by atoms with Gasteiger partial charge >= 0.3 is 0 Å². The second-order valence-corrected chi connectivity index (χ2v) is 4.24. The van der Waals surface area contributed by atoms with Crippen LogP contribution in [-0.4, -0.2) is 68.1 Å². The lowest BCUT2D eigenvalue weighted by Crippen LogP contribution is -2.40. The molecule has 0 spiro atoms. The number of ether oxygens (including phenoxy) is 1. The summed E-state index contributed by atoms with van der Waals surface area (Å²) in [5.74, 6) is 0. The molecule has 1 fully saturated rings. The third-order valence-electron chi connectivity index (χ3n) is 2.37. The van der Waals surface area contributed by atoms with E-state index in [1.807, 2.05) is 0 Å². The highest BCUT2D eigenvalue weighted by molar-refractivity contribution is 9.09. The molecule has 13 heavy (non-hydrogen) atoms. The van der Waals surface area contributed by atoms with E-state index < -0.39 is 0 Å². The SMILES string of the molecule is CN(CCBr)CCN1CCOCC1. The molecule has 0 bridgehead atoms. The van der Waals surface area contributed by atoms with Crippen molar-refractivity contribution in [1.29, 1.82) is 0 Å². The van der Waals surface area contributed by atoms with Gasteiger partial charge in [0.05, 0.1) is 13.2 Å². The fourth-order valence-corrected chi connectivity index (χ4v) is 2.00. The Morgan fingerprint density at radius 3 is 2.62 bits per heavy atom. The van der Waals surface area contributed by atoms with Crippen molar-refractivity contribution in [1.82, 2.24) is 9.80 Å². The second-order valence-electron chi connectivity index (χ2n) is 3.45. The Labute approximate surface area is 89.2 Å². The standard InChI is InChI=1S/C9H19BrN2O/c1-11(3-2-10)4-5-12-6-8-13-9-7-12/h2-9H2,1H3. The summed E-state index contributed by atoms with van der Waals surface area (Å²) in [5, 5.41) is 1.06. The van der Waals surface area contributed by atoms with Gasteiger partial charge in [0.1, 0.15) is 0 Å².